The van der Waals surface area contributed by atoms with E-state index in [1.165, 1.54) is 25.7 Å². The van der Waals surface area contributed by atoms with E-state index in [2.05, 4.69) is 17.1 Å². The molecule has 0 spiro atoms. The van der Waals surface area contributed by atoms with Crippen molar-refractivity contribution in [2.45, 2.75) is 51.4 Å². The summed E-state index contributed by atoms with van der Waals surface area (Å²) in [5, 5.41) is 4.09. The highest BCUT2D eigenvalue weighted by Crippen LogP contribution is 2.33. The summed E-state index contributed by atoms with van der Waals surface area (Å²) < 4.78 is 5.23. The molecule has 16 heavy (non-hydrogen) atoms. The summed E-state index contributed by atoms with van der Waals surface area (Å²) in [6.07, 6.45) is 6.72. The summed E-state index contributed by atoms with van der Waals surface area (Å²) in [4.78, 5) is 4.46. The minimum absolute atomic E-state index is 0.520. The van der Waals surface area contributed by atoms with Crippen molar-refractivity contribution in [1.29, 1.82) is 0 Å². The van der Waals surface area contributed by atoms with Gasteiger partial charge in [-0.15, -0.1) is 0 Å². The fourth-order valence-corrected chi connectivity index (χ4v) is 2.31. The average molecular weight is 223 g/mol. The minimum atomic E-state index is 0.520. The van der Waals surface area contributed by atoms with Crippen LogP contribution in [-0.4, -0.2) is 16.7 Å². The molecule has 1 aliphatic rings. The van der Waals surface area contributed by atoms with Gasteiger partial charge >= 0.3 is 0 Å². The van der Waals surface area contributed by atoms with E-state index in [9.17, 15) is 0 Å². The van der Waals surface area contributed by atoms with Crippen molar-refractivity contribution in [3.63, 3.8) is 0 Å². The lowest BCUT2D eigenvalue weighted by molar-refractivity contribution is 0.323. The van der Waals surface area contributed by atoms with E-state index in [0.29, 0.717) is 12.5 Å². The van der Waals surface area contributed by atoms with Crippen LogP contribution in [0.4, 0.5) is 0 Å². The lowest BCUT2D eigenvalue weighted by atomic mass is 9.83. The fraction of sp³-hybridized carbons (Fsp3) is 0.833. The Morgan fingerprint density at radius 3 is 2.75 bits per heavy atom. The van der Waals surface area contributed by atoms with Gasteiger partial charge in [-0.2, -0.15) is 4.98 Å². The Balaban J connectivity index is 1.91. The van der Waals surface area contributed by atoms with Crippen molar-refractivity contribution >= 4 is 0 Å². The molecule has 0 atom stereocenters. The van der Waals surface area contributed by atoms with Crippen molar-refractivity contribution < 1.29 is 4.52 Å². The van der Waals surface area contributed by atoms with Crippen LogP contribution in [-0.2, 0) is 6.42 Å². The standard InChI is InChI=1S/C12H21N3O/c1-9-4-6-10(7-5-9)12-14-11(16-15-12)3-2-8-13/h9-10H,2-8,13H2,1H3. The highest BCUT2D eigenvalue weighted by atomic mass is 16.5. The molecule has 1 aromatic rings. The molecule has 0 aliphatic heterocycles. The second-order valence-corrected chi connectivity index (χ2v) is 4.90. The number of hydrogen-bond acceptors (Lipinski definition) is 4. The van der Waals surface area contributed by atoms with Gasteiger partial charge in [0.15, 0.2) is 5.82 Å². The van der Waals surface area contributed by atoms with Crippen LogP contribution in [0, 0.1) is 5.92 Å². The van der Waals surface area contributed by atoms with E-state index < -0.39 is 0 Å². The number of hydrogen-bond donors (Lipinski definition) is 1. The molecule has 4 heteroatoms. The molecular formula is C12H21N3O. The molecule has 0 unspecified atom stereocenters. The third kappa shape index (κ3) is 2.82. The Bertz CT molecular complexity index is 316. The van der Waals surface area contributed by atoms with Crippen molar-refractivity contribution in [3.05, 3.63) is 11.7 Å². The van der Waals surface area contributed by atoms with E-state index >= 15 is 0 Å². The van der Waals surface area contributed by atoms with E-state index in [1.807, 2.05) is 0 Å². The van der Waals surface area contributed by atoms with Gasteiger partial charge in [-0.05, 0) is 31.7 Å². The summed E-state index contributed by atoms with van der Waals surface area (Å²) in [5.74, 6) is 3.05. The molecule has 0 aromatic carbocycles. The monoisotopic (exact) mass is 223 g/mol. The lowest BCUT2D eigenvalue weighted by Crippen LogP contribution is -2.12. The first-order valence-corrected chi connectivity index (χ1v) is 6.32. The van der Waals surface area contributed by atoms with Crippen LogP contribution in [0.3, 0.4) is 0 Å². The van der Waals surface area contributed by atoms with Crippen molar-refractivity contribution in [3.8, 4) is 0 Å². The van der Waals surface area contributed by atoms with Gasteiger partial charge in [0.05, 0.1) is 0 Å². The van der Waals surface area contributed by atoms with Crippen LogP contribution >= 0.6 is 0 Å². The lowest BCUT2D eigenvalue weighted by Gasteiger charge is -2.23. The third-order valence-electron chi connectivity index (χ3n) is 3.46. The zero-order chi connectivity index (χ0) is 11.4. The number of aryl methyl sites for hydroxylation is 1. The topological polar surface area (TPSA) is 64.9 Å². The predicted octanol–water partition coefficient (Wildman–Crippen LogP) is 2.25. The maximum Gasteiger partial charge on any atom is 0.226 e. The molecule has 0 radical (unpaired) electrons. The zero-order valence-electron chi connectivity index (χ0n) is 9.98. The van der Waals surface area contributed by atoms with Crippen molar-refractivity contribution in [2.24, 2.45) is 11.7 Å². The molecule has 1 aromatic heterocycles. The number of nitrogens with zero attached hydrogens (tertiary/aromatic N) is 2. The van der Waals surface area contributed by atoms with Gasteiger partial charge in [-0.3, -0.25) is 0 Å². The second kappa shape index (κ2) is 5.43. The van der Waals surface area contributed by atoms with E-state index in [0.717, 1.165) is 30.5 Å². The Hall–Kier alpha value is -0.900. The van der Waals surface area contributed by atoms with Crippen molar-refractivity contribution in [2.75, 3.05) is 6.54 Å². The van der Waals surface area contributed by atoms with Gasteiger partial charge in [0.2, 0.25) is 5.89 Å². The molecule has 0 bridgehead atoms. The Morgan fingerprint density at radius 1 is 1.31 bits per heavy atom. The molecular weight excluding hydrogens is 202 g/mol. The first-order chi connectivity index (χ1) is 7.79. The van der Waals surface area contributed by atoms with Gasteiger partial charge in [0, 0.05) is 12.3 Å². The molecule has 4 nitrogen and oxygen atoms in total. The quantitative estimate of drug-likeness (QED) is 0.850. The third-order valence-corrected chi connectivity index (χ3v) is 3.46. The maximum absolute atomic E-state index is 5.45. The number of nitrogens with two attached hydrogens (primary N) is 1. The second-order valence-electron chi connectivity index (χ2n) is 4.90. The molecule has 1 aliphatic carbocycles. The van der Waals surface area contributed by atoms with E-state index in [-0.39, 0.29) is 0 Å². The van der Waals surface area contributed by atoms with Crippen LogP contribution in [0.2, 0.25) is 0 Å². The molecule has 0 amide bonds. The normalized spacial score (nSPS) is 25.9. The van der Waals surface area contributed by atoms with Gasteiger partial charge in [-0.1, -0.05) is 24.9 Å². The predicted molar refractivity (Wildman–Crippen MR) is 62.0 cm³/mol. The van der Waals surface area contributed by atoms with Crippen LogP contribution < -0.4 is 5.73 Å². The minimum Gasteiger partial charge on any atom is -0.339 e. The summed E-state index contributed by atoms with van der Waals surface area (Å²) in [6, 6.07) is 0. The summed E-state index contributed by atoms with van der Waals surface area (Å²) in [5.41, 5.74) is 5.45. The molecule has 1 saturated carbocycles. The molecule has 2 rings (SSSR count). The summed E-state index contributed by atoms with van der Waals surface area (Å²) in [6.45, 7) is 3.00. The number of rotatable bonds is 4. The Morgan fingerprint density at radius 2 is 2.06 bits per heavy atom. The molecule has 1 heterocycles. The van der Waals surface area contributed by atoms with Crippen LogP contribution in [0.5, 0.6) is 0 Å². The maximum atomic E-state index is 5.45. The SMILES string of the molecule is CC1CCC(c2noc(CCCN)n2)CC1. The largest absolute Gasteiger partial charge is 0.339 e. The Labute approximate surface area is 96.6 Å². The van der Waals surface area contributed by atoms with Gasteiger partial charge in [0.25, 0.3) is 0 Å². The van der Waals surface area contributed by atoms with Gasteiger partial charge < -0.3 is 10.3 Å². The molecule has 0 saturated heterocycles. The smallest absolute Gasteiger partial charge is 0.226 e. The van der Waals surface area contributed by atoms with Gasteiger partial charge in [0.1, 0.15) is 0 Å². The van der Waals surface area contributed by atoms with Crippen molar-refractivity contribution in [1.82, 2.24) is 10.1 Å². The van der Waals surface area contributed by atoms with E-state index in [1.54, 1.807) is 0 Å². The average Bonchev–Trinajstić information content (AvgIpc) is 2.76. The van der Waals surface area contributed by atoms with Crippen LogP contribution in [0.25, 0.3) is 0 Å². The fourth-order valence-electron chi connectivity index (χ4n) is 2.31. The van der Waals surface area contributed by atoms with E-state index in [4.69, 9.17) is 10.3 Å². The highest BCUT2D eigenvalue weighted by molar-refractivity contribution is 4.97. The zero-order valence-corrected chi connectivity index (χ0v) is 9.98. The first-order valence-electron chi connectivity index (χ1n) is 6.32. The van der Waals surface area contributed by atoms with Crippen LogP contribution in [0.1, 0.15) is 56.7 Å². The molecule has 1 fully saturated rings. The first kappa shape index (κ1) is 11.6. The Kier molecular flexibility index (Phi) is 3.93. The highest BCUT2D eigenvalue weighted by Gasteiger charge is 2.23. The number of aromatic nitrogens is 2. The molecule has 2 N–H and O–H groups in total. The molecule has 90 valence electrons. The van der Waals surface area contributed by atoms with Gasteiger partial charge in [-0.25, -0.2) is 0 Å². The van der Waals surface area contributed by atoms with Crippen LogP contribution in [0.15, 0.2) is 4.52 Å². The summed E-state index contributed by atoms with van der Waals surface area (Å²) >= 11 is 0. The summed E-state index contributed by atoms with van der Waals surface area (Å²) in [7, 11) is 0.